The monoisotopic (exact) mass is 238 g/mol. The van der Waals surface area contributed by atoms with Gasteiger partial charge in [-0.05, 0) is 12.5 Å². The zero-order valence-electron chi connectivity index (χ0n) is 9.47. The van der Waals surface area contributed by atoms with E-state index in [1.54, 1.807) is 7.05 Å². The number of carboxylic acid groups (broad SMARTS) is 1. The van der Waals surface area contributed by atoms with Crippen molar-refractivity contribution in [3.63, 3.8) is 0 Å². The second-order valence-corrected chi connectivity index (χ2v) is 3.67. The van der Waals surface area contributed by atoms with Crippen molar-refractivity contribution in [1.29, 1.82) is 0 Å². The van der Waals surface area contributed by atoms with Gasteiger partial charge in [0.05, 0.1) is 5.56 Å². The third kappa shape index (κ3) is 4.10. The number of carbonyl (C=O) groups excluding carboxylic acids is 1. The average molecular weight is 238 g/mol. The van der Waals surface area contributed by atoms with Gasteiger partial charge in [-0.2, -0.15) is 0 Å². The highest BCUT2D eigenvalue weighted by molar-refractivity contribution is 5.93. The lowest BCUT2D eigenvalue weighted by Crippen LogP contribution is -2.28. The number of carboxylic acids is 1. The summed E-state index contributed by atoms with van der Waals surface area (Å²) in [4.78, 5) is 36.8. The van der Waals surface area contributed by atoms with Crippen molar-refractivity contribution in [2.75, 3.05) is 13.6 Å². The third-order valence-corrected chi connectivity index (χ3v) is 2.26. The minimum atomic E-state index is -0.880. The molecule has 0 radical (unpaired) electrons. The molecule has 92 valence electrons. The van der Waals surface area contributed by atoms with E-state index < -0.39 is 5.97 Å². The molecule has 1 heterocycles. The Morgan fingerprint density at radius 3 is 2.65 bits per heavy atom. The highest BCUT2D eigenvalue weighted by Crippen LogP contribution is 2.01. The summed E-state index contributed by atoms with van der Waals surface area (Å²) in [5.74, 6) is -1.12. The van der Waals surface area contributed by atoms with Gasteiger partial charge in [-0.25, -0.2) is 0 Å². The SMILES string of the molecule is CN(CCCC(=O)O)C(=O)c1ccc(=O)[nH]c1. The number of carbonyl (C=O) groups is 2. The molecule has 1 aromatic heterocycles. The Morgan fingerprint density at radius 1 is 1.41 bits per heavy atom. The number of nitrogens with zero attached hydrogens (tertiary/aromatic N) is 1. The van der Waals surface area contributed by atoms with Crippen LogP contribution in [0.2, 0.25) is 0 Å². The Labute approximate surface area is 97.9 Å². The number of pyridine rings is 1. The largest absolute Gasteiger partial charge is 0.481 e. The number of aromatic nitrogens is 1. The van der Waals surface area contributed by atoms with Crippen molar-refractivity contribution in [2.24, 2.45) is 0 Å². The van der Waals surface area contributed by atoms with Crippen LogP contribution in [0.3, 0.4) is 0 Å². The molecule has 0 unspecified atom stereocenters. The molecule has 1 amide bonds. The van der Waals surface area contributed by atoms with E-state index in [1.165, 1.54) is 23.2 Å². The van der Waals surface area contributed by atoms with Crippen molar-refractivity contribution < 1.29 is 14.7 Å². The quantitative estimate of drug-likeness (QED) is 0.772. The van der Waals surface area contributed by atoms with Gasteiger partial charge in [-0.1, -0.05) is 0 Å². The second kappa shape index (κ2) is 5.83. The number of H-pyrrole nitrogens is 1. The normalized spacial score (nSPS) is 9.94. The van der Waals surface area contributed by atoms with Gasteiger partial charge in [-0.15, -0.1) is 0 Å². The fourth-order valence-electron chi connectivity index (χ4n) is 1.33. The summed E-state index contributed by atoms with van der Waals surface area (Å²) >= 11 is 0. The fourth-order valence-corrected chi connectivity index (χ4v) is 1.33. The standard InChI is InChI=1S/C11H14N2O4/c1-13(6-2-3-10(15)16)11(17)8-4-5-9(14)12-7-8/h4-5,7H,2-3,6H2,1H3,(H,12,14)(H,15,16). The number of rotatable bonds is 5. The molecule has 1 rings (SSSR count). The molecule has 0 spiro atoms. The number of hydrogen-bond acceptors (Lipinski definition) is 3. The van der Waals surface area contributed by atoms with Gasteiger partial charge < -0.3 is 15.0 Å². The van der Waals surface area contributed by atoms with E-state index in [0.717, 1.165) is 0 Å². The van der Waals surface area contributed by atoms with Crippen LogP contribution < -0.4 is 5.56 Å². The highest BCUT2D eigenvalue weighted by Gasteiger charge is 2.11. The molecule has 0 aliphatic rings. The average Bonchev–Trinajstić information content (AvgIpc) is 2.28. The molecule has 6 nitrogen and oxygen atoms in total. The molecular weight excluding hydrogens is 224 g/mol. The maximum Gasteiger partial charge on any atom is 0.303 e. The van der Waals surface area contributed by atoms with E-state index in [0.29, 0.717) is 18.5 Å². The Kier molecular flexibility index (Phi) is 4.45. The first-order chi connectivity index (χ1) is 8.00. The molecule has 0 saturated carbocycles. The first-order valence-corrected chi connectivity index (χ1v) is 5.16. The van der Waals surface area contributed by atoms with Crippen LogP contribution in [-0.2, 0) is 4.79 Å². The number of aromatic amines is 1. The van der Waals surface area contributed by atoms with Crippen LogP contribution in [0.15, 0.2) is 23.1 Å². The van der Waals surface area contributed by atoms with E-state index in [4.69, 9.17) is 5.11 Å². The molecule has 0 aromatic carbocycles. The highest BCUT2D eigenvalue weighted by atomic mass is 16.4. The summed E-state index contributed by atoms with van der Waals surface area (Å²) in [7, 11) is 1.59. The van der Waals surface area contributed by atoms with Crippen molar-refractivity contribution >= 4 is 11.9 Å². The molecule has 17 heavy (non-hydrogen) atoms. The maximum atomic E-state index is 11.8. The van der Waals surface area contributed by atoms with Gasteiger partial charge in [0.1, 0.15) is 0 Å². The van der Waals surface area contributed by atoms with E-state index >= 15 is 0 Å². The van der Waals surface area contributed by atoms with Crippen molar-refractivity contribution in [2.45, 2.75) is 12.8 Å². The molecule has 0 fully saturated rings. The van der Waals surface area contributed by atoms with Crippen LogP contribution in [0.5, 0.6) is 0 Å². The summed E-state index contributed by atoms with van der Waals surface area (Å²) < 4.78 is 0. The number of aliphatic carboxylic acids is 1. The van der Waals surface area contributed by atoms with Gasteiger partial charge in [0, 0.05) is 32.3 Å². The first-order valence-electron chi connectivity index (χ1n) is 5.16. The molecule has 6 heteroatoms. The van der Waals surface area contributed by atoms with Gasteiger partial charge in [0.2, 0.25) is 5.56 Å². The zero-order chi connectivity index (χ0) is 12.8. The van der Waals surface area contributed by atoms with E-state index in [2.05, 4.69) is 4.98 Å². The summed E-state index contributed by atoms with van der Waals surface area (Å²) in [6.45, 7) is 0.365. The molecule has 0 bridgehead atoms. The van der Waals surface area contributed by atoms with Crippen molar-refractivity contribution in [3.8, 4) is 0 Å². The molecule has 0 atom stereocenters. The number of amides is 1. The van der Waals surface area contributed by atoms with E-state index in [1.807, 2.05) is 0 Å². The van der Waals surface area contributed by atoms with Crippen LogP contribution in [0.25, 0.3) is 0 Å². The Hall–Kier alpha value is -2.11. The number of nitrogens with one attached hydrogen (secondary N) is 1. The van der Waals surface area contributed by atoms with Gasteiger partial charge in [0.15, 0.2) is 0 Å². The Morgan fingerprint density at radius 2 is 2.12 bits per heavy atom. The molecule has 2 N–H and O–H groups in total. The summed E-state index contributed by atoms with van der Waals surface area (Å²) in [6.07, 6.45) is 1.78. The molecule has 0 saturated heterocycles. The van der Waals surface area contributed by atoms with Crippen molar-refractivity contribution in [1.82, 2.24) is 9.88 Å². The molecular formula is C11H14N2O4. The minimum Gasteiger partial charge on any atom is -0.481 e. The topological polar surface area (TPSA) is 90.5 Å². The zero-order valence-corrected chi connectivity index (χ0v) is 9.47. The van der Waals surface area contributed by atoms with Gasteiger partial charge in [0.25, 0.3) is 5.91 Å². The van der Waals surface area contributed by atoms with Crippen LogP contribution >= 0.6 is 0 Å². The smallest absolute Gasteiger partial charge is 0.303 e. The van der Waals surface area contributed by atoms with E-state index in [-0.39, 0.29) is 17.9 Å². The fraction of sp³-hybridized carbons (Fsp3) is 0.364. The van der Waals surface area contributed by atoms with Crippen LogP contribution in [0.1, 0.15) is 23.2 Å². The predicted octanol–water partition coefficient (Wildman–Crippen LogP) is 0.312. The van der Waals surface area contributed by atoms with Crippen LogP contribution in [-0.4, -0.2) is 40.5 Å². The van der Waals surface area contributed by atoms with Gasteiger partial charge in [-0.3, -0.25) is 14.4 Å². The molecule has 0 aliphatic carbocycles. The van der Waals surface area contributed by atoms with Crippen LogP contribution in [0.4, 0.5) is 0 Å². The van der Waals surface area contributed by atoms with Crippen molar-refractivity contribution in [3.05, 3.63) is 34.2 Å². The minimum absolute atomic E-state index is 0.0310. The Balaban J connectivity index is 2.54. The van der Waals surface area contributed by atoms with Gasteiger partial charge >= 0.3 is 5.97 Å². The molecule has 0 aliphatic heterocycles. The number of hydrogen-bond donors (Lipinski definition) is 2. The summed E-state index contributed by atoms with van der Waals surface area (Å²) in [5.41, 5.74) is 0.109. The lowest BCUT2D eigenvalue weighted by atomic mass is 10.2. The van der Waals surface area contributed by atoms with Crippen LogP contribution in [0, 0.1) is 0 Å². The lowest BCUT2D eigenvalue weighted by molar-refractivity contribution is -0.137. The predicted molar refractivity (Wildman–Crippen MR) is 60.9 cm³/mol. The third-order valence-electron chi connectivity index (χ3n) is 2.26. The first kappa shape index (κ1) is 13.0. The molecule has 1 aromatic rings. The summed E-state index contributed by atoms with van der Waals surface area (Å²) in [5, 5.41) is 8.47. The summed E-state index contributed by atoms with van der Waals surface area (Å²) in [6, 6.07) is 2.72. The lowest BCUT2D eigenvalue weighted by Gasteiger charge is -2.16. The Bertz CT molecular complexity index is 446. The second-order valence-electron chi connectivity index (χ2n) is 3.67. The van der Waals surface area contributed by atoms with E-state index in [9.17, 15) is 14.4 Å². The maximum absolute atomic E-state index is 11.8.